The van der Waals surface area contributed by atoms with E-state index in [-0.39, 0.29) is 11.9 Å². The van der Waals surface area contributed by atoms with Crippen LogP contribution in [-0.4, -0.2) is 0 Å². The van der Waals surface area contributed by atoms with Crippen molar-refractivity contribution in [2.75, 3.05) is 0 Å². The summed E-state index contributed by atoms with van der Waals surface area (Å²) >= 11 is 3.51. The zero-order valence-electron chi connectivity index (χ0n) is 11.4. The van der Waals surface area contributed by atoms with Gasteiger partial charge in [0, 0.05) is 9.86 Å². The van der Waals surface area contributed by atoms with Crippen LogP contribution in [0.1, 0.15) is 22.9 Å². The van der Waals surface area contributed by atoms with Gasteiger partial charge in [-0.3, -0.25) is 5.84 Å². The van der Waals surface area contributed by atoms with Crippen molar-refractivity contribution in [3.8, 4) is 0 Å². The highest BCUT2D eigenvalue weighted by Crippen LogP contribution is 2.30. The van der Waals surface area contributed by atoms with E-state index in [9.17, 15) is 4.39 Å². The standard InChI is InChI=1S/C16H14BrFN2O/c1-9-2-3-10(7-13(9)17)16(20-19)15-8-11-6-12(18)4-5-14(11)21-15/h2-8,16,20H,19H2,1H3. The minimum Gasteiger partial charge on any atom is -0.459 e. The Balaban J connectivity index is 2.06. The van der Waals surface area contributed by atoms with Gasteiger partial charge in [0.1, 0.15) is 23.2 Å². The Labute approximate surface area is 130 Å². The smallest absolute Gasteiger partial charge is 0.134 e. The van der Waals surface area contributed by atoms with Crippen LogP contribution >= 0.6 is 15.9 Å². The van der Waals surface area contributed by atoms with E-state index in [0.29, 0.717) is 11.3 Å². The molecule has 0 saturated carbocycles. The monoisotopic (exact) mass is 348 g/mol. The van der Waals surface area contributed by atoms with Crippen molar-refractivity contribution in [1.29, 1.82) is 0 Å². The predicted molar refractivity (Wildman–Crippen MR) is 84.2 cm³/mol. The Bertz CT molecular complexity index is 800. The molecule has 108 valence electrons. The lowest BCUT2D eigenvalue weighted by molar-refractivity contribution is 0.477. The third-order valence-electron chi connectivity index (χ3n) is 3.48. The van der Waals surface area contributed by atoms with Crippen LogP contribution in [0.25, 0.3) is 11.0 Å². The summed E-state index contributed by atoms with van der Waals surface area (Å²) in [7, 11) is 0. The van der Waals surface area contributed by atoms with E-state index < -0.39 is 0 Å². The largest absolute Gasteiger partial charge is 0.459 e. The van der Waals surface area contributed by atoms with Crippen LogP contribution in [0.5, 0.6) is 0 Å². The highest BCUT2D eigenvalue weighted by molar-refractivity contribution is 9.10. The summed E-state index contributed by atoms with van der Waals surface area (Å²) in [6.45, 7) is 2.02. The molecule has 0 saturated heterocycles. The number of fused-ring (bicyclic) bond motifs is 1. The summed E-state index contributed by atoms with van der Waals surface area (Å²) in [4.78, 5) is 0. The first-order valence-electron chi connectivity index (χ1n) is 6.49. The molecule has 3 nitrogen and oxygen atoms in total. The molecule has 5 heteroatoms. The van der Waals surface area contributed by atoms with Crippen LogP contribution in [0.2, 0.25) is 0 Å². The van der Waals surface area contributed by atoms with Crippen molar-refractivity contribution in [3.63, 3.8) is 0 Å². The van der Waals surface area contributed by atoms with Gasteiger partial charge in [-0.05, 0) is 48.4 Å². The minimum atomic E-state index is -0.294. The lowest BCUT2D eigenvalue weighted by Crippen LogP contribution is -2.28. The molecule has 1 heterocycles. The quantitative estimate of drug-likeness (QED) is 0.551. The Hall–Kier alpha value is -1.69. The number of benzene rings is 2. The van der Waals surface area contributed by atoms with E-state index in [2.05, 4.69) is 21.4 Å². The third-order valence-corrected chi connectivity index (χ3v) is 4.33. The molecule has 0 aliphatic heterocycles. The molecule has 1 aromatic heterocycles. The van der Waals surface area contributed by atoms with Gasteiger partial charge in [0.25, 0.3) is 0 Å². The van der Waals surface area contributed by atoms with Gasteiger partial charge in [0.05, 0.1) is 0 Å². The highest BCUT2D eigenvalue weighted by Gasteiger charge is 2.18. The molecule has 0 spiro atoms. The Kier molecular flexibility index (Phi) is 3.80. The molecule has 1 atom stereocenters. The second-order valence-electron chi connectivity index (χ2n) is 4.94. The van der Waals surface area contributed by atoms with Gasteiger partial charge in [-0.25, -0.2) is 9.82 Å². The van der Waals surface area contributed by atoms with Crippen molar-refractivity contribution in [3.05, 3.63) is 69.6 Å². The predicted octanol–water partition coefficient (Wildman–Crippen LogP) is 4.20. The first kappa shape index (κ1) is 14.3. The van der Waals surface area contributed by atoms with Crippen molar-refractivity contribution in [2.24, 2.45) is 5.84 Å². The number of nitrogens with one attached hydrogen (secondary N) is 1. The average Bonchev–Trinajstić information content (AvgIpc) is 2.86. The SMILES string of the molecule is Cc1ccc(C(NN)c2cc3cc(F)ccc3o2)cc1Br. The first-order chi connectivity index (χ1) is 10.1. The summed E-state index contributed by atoms with van der Waals surface area (Å²) in [6.07, 6.45) is 0. The van der Waals surface area contributed by atoms with Crippen LogP contribution in [0.4, 0.5) is 4.39 Å². The molecule has 0 aliphatic carbocycles. The first-order valence-corrected chi connectivity index (χ1v) is 7.29. The lowest BCUT2D eigenvalue weighted by Gasteiger charge is -2.14. The average molecular weight is 349 g/mol. The van der Waals surface area contributed by atoms with Crippen molar-refractivity contribution in [1.82, 2.24) is 5.43 Å². The van der Waals surface area contributed by atoms with E-state index in [1.165, 1.54) is 12.1 Å². The van der Waals surface area contributed by atoms with E-state index in [0.717, 1.165) is 21.0 Å². The number of rotatable bonds is 3. The molecule has 3 N–H and O–H groups in total. The van der Waals surface area contributed by atoms with Gasteiger partial charge in [-0.1, -0.05) is 28.1 Å². The third kappa shape index (κ3) is 2.72. The maximum atomic E-state index is 13.3. The van der Waals surface area contributed by atoms with E-state index >= 15 is 0 Å². The van der Waals surface area contributed by atoms with Gasteiger partial charge in [0.15, 0.2) is 0 Å². The van der Waals surface area contributed by atoms with Crippen LogP contribution in [0.15, 0.2) is 51.4 Å². The van der Waals surface area contributed by atoms with Gasteiger partial charge in [0.2, 0.25) is 0 Å². The Morgan fingerprint density at radius 2 is 2.00 bits per heavy atom. The number of furan rings is 1. The van der Waals surface area contributed by atoms with Gasteiger partial charge < -0.3 is 4.42 Å². The van der Waals surface area contributed by atoms with Crippen molar-refractivity contribution in [2.45, 2.75) is 13.0 Å². The number of halogens is 2. The zero-order chi connectivity index (χ0) is 15.0. The zero-order valence-corrected chi connectivity index (χ0v) is 12.9. The van der Waals surface area contributed by atoms with Crippen LogP contribution < -0.4 is 11.3 Å². The van der Waals surface area contributed by atoms with E-state index in [4.69, 9.17) is 10.3 Å². The van der Waals surface area contributed by atoms with Gasteiger partial charge in [-0.2, -0.15) is 0 Å². The van der Waals surface area contributed by atoms with Gasteiger partial charge >= 0.3 is 0 Å². The topological polar surface area (TPSA) is 51.2 Å². The number of aryl methyl sites for hydroxylation is 1. The molecule has 3 aromatic rings. The molecule has 21 heavy (non-hydrogen) atoms. The van der Waals surface area contributed by atoms with Crippen LogP contribution in [0, 0.1) is 12.7 Å². The van der Waals surface area contributed by atoms with E-state index in [1.54, 1.807) is 12.1 Å². The van der Waals surface area contributed by atoms with Crippen molar-refractivity contribution >= 4 is 26.9 Å². The Morgan fingerprint density at radius 1 is 1.19 bits per heavy atom. The summed E-state index contributed by atoms with van der Waals surface area (Å²) in [6, 6.07) is 11.9. The maximum Gasteiger partial charge on any atom is 0.134 e. The fourth-order valence-corrected chi connectivity index (χ4v) is 2.70. The van der Waals surface area contributed by atoms with Crippen LogP contribution in [0.3, 0.4) is 0 Å². The van der Waals surface area contributed by atoms with Gasteiger partial charge in [-0.15, -0.1) is 0 Å². The maximum absolute atomic E-state index is 13.3. The molecule has 0 radical (unpaired) electrons. The second-order valence-corrected chi connectivity index (χ2v) is 5.79. The summed E-state index contributed by atoms with van der Waals surface area (Å²) in [5.74, 6) is 6.04. The summed E-state index contributed by atoms with van der Waals surface area (Å²) < 4.78 is 20.0. The lowest BCUT2D eigenvalue weighted by atomic mass is 10.0. The second kappa shape index (κ2) is 5.60. The normalized spacial score (nSPS) is 12.8. The molecule has 1 unspecified atom stereocenters. The van der Waals surface area contributed by atoms with Crippen molar-refractivity contribution < 1.29 is 8.81 Å². The highest BCUT2D eigenvalue weighted by atomic mass is 79.9. The minimum absolute atomic E-state index is 0.287. The summed E-state index contributed by atoms with van der Waals surface area (Å²) in [5, 5.41) is 0.719. The fourth-order valence-electron chi connectivity index (χ4n) is 2.31. The molecule has 0 bridgehead atoms. The number of nitrogens with two attached hydrogens (primary N) is 1. The Morgan fingerprint density at radius 3 is 2.71 bits per heavy atom. The summed E-state index contributed by atoms with van der Waals surface area (Å²) in [5.41, 5.74) is 5.49. The van der Waals surface area contributed by atoms with E-state index in [1.807, 2.05) is 25.1 Å². The number of hydrogen-bond acceptors (Lipinski definition) is 3. The molecule has 0 fully saturated rings. The molecular weight excluding hydrogens is 335 g/mol. The number of hydrogen-bond donors (Lipinski definition) is 2. The van der Waals surface area contributed by atoms with Crippen LogP contribution in [-0.2, 0) is 0 Å². The molecule has 3 rings (SSSR count). The molecule has 0 aliphatic rings. The fraction of sp³-hybridized carbons (Fsp3) is 0.125. The number of hydrazine groups is 1. The molecule has 2 aromatic carbocycles. The molecule has 0 amide bonds. The molecular formula is C16H14BrFN2O.